The number of nitrogens with zero attached hydrogens (tertiary/aromatic N) is 2. The van der Waals surface area contributed by atoms with E-state index >= 15 is 0 Å². The Labute approximate surface area is 103 Å². The number of piperazine rings is 1. The van der Waals surface area contributed by atoms with E-state index in [0.717, 1.165) is 24.8 Å². The topological polar surface area (TPSA) is 32.5 Å². The van der Waals surface area contributed by atoms with Crippen LogP contribution in [0.1, 0.15) is 18.4 Å². The Morgan fingerprint density at radius 3 is 2.47 bits per heavy atom. The van der Waals surface area contributed by atoms with E-state index < -0.39 is 0 Å². The third-order valence-corrected chi connectivity index (χ3v) is 3.95. The molecular weight excluding hydrogens is 210 g/mol. The molecule has 1 aliphatic heterocycles. The van der Waals surface area contributed by atoms with Crippen molar-refractivity contribution in [2.75, 3.05) is 36.8 Å². The Hall–Kier alpha value is -1.22. The third kappa shape index (κ3) is 2.25. The maximum atomic E-state index is 5.88. The van der Waals surface area contributed by atoms with Crippen molar-refractivity contribution in [2.24, 2.45) is 0 Å². The molecule has 3 nitrogen and oxygen atoms in total. The summed E-state index contributed by atoms with van der Waals surface area (Å²) in [5.74, 6) is 0. The third-order valence-electron chi connectivity index (χ3n) is 3.95. The lowest BCUT2D eigenvalue weighted by molar-refractivity contribution is 0.248. The van der Waals surface area contributed by atoms with Crippen LogP contribution >= 0.6 is 0 Å². The molecule has 0 radical (unpaired) electrons. The van der Waals surface area contributed by atoms with Crippen molar-refractivity contribution in [2.45, 2.75) is 25.8 Å². The number of rotatable bonds is 2. The Kier molecular flexibility index (Phi) is 2.71. The molecule has 0 bridgehead atoms. The molecule has 0 unspecified atom stereocenters. The summed E-state index contributed by atoms with van der Waals surface area (Å²) >= 11 is 0. The summed E-state index contributed by atoms with van der Waals surface area (Å²) in [6, 6.07) is 7.12. The van der Waals surface area contributed by atoms with Crippen LogP contribution in [0.4, 0.5) is 11.4 Å². The first-order valence-electron chi connectivity index (χ1n) is 6.59. The summed E-state index contributed by atoms with van der Waals surface area (Å²) in [5.41, 5.74) is 9.41. The van der Waals surface area contributed by atoms with Gasteiger partial charge in [0.05, 0.1) is 0 Å². The molecule has 1 aromatic carbocycles. The van der Waals surface area contributed by atoms with Gasteiger partial charge in [-0.2, -0.15) is 0 Å². The second-order valence-corrected chi connectivity index (χ2v) is 5.30. The standard InChI is InChI=1S/C14H21N3/c1-11-2-3-12(15)10-14(11)17-8-6-16(7-9-17)13-4-5-13/h2-3,10,13H,4-9,15H2,1H3. The second-order valence-electron chi connectivity index (χ2n) is 5.30. The van der Waals surface area contributed by atoms with Crippen molar-refractivity contribution < 1.29 is 0 Å². The number of aryl methyl sites for hydroxylation is 1. The minimum atomic E-state index is 0.871. The van der Waals surface area contributed by atoms with Crippen molar-refractivity contribution in [3.63, 3.8) is 0 Å². The molecule has 3 rings (SSSR count). The van der Waals surface area contributed by atoms with Crippen LogP contribution in [-0.4, -0.2) is 37.1 Å². The van der Waals surface area contributed by atoms with Gasteiger partial charge in [-0.15, -0.1) is 0 Å². The fraction of sp³-hybridized carbons (Fsp3) is 0.571. The lowest BCUT2D eigenvalue weighted by Crippen LogP contribution is -2.47. The normalized spacial score (nSPS) is 21.8. The van der Waals surface area contributed by atoms with Gasteiger partial charge in [0.25, 0.3) is 0 Å². The molecule has 2 aliphatic rings. The van der Waals surface area contributed by atoms with Gasteiger partial charge in [-0.3, -0.25) is 4.90 Å². The molecule has 1 aliphatic carbocycles. The summed E-state index contributed by atoms with van der Waals surface area (Å²) in [7, 11) is 0. The molecular formula is C14H21N3. The molecule has 2 fully saturated rings. The van der Waals surface area contributed by atoms with Crippen LogP contribution < -0.4 is 10.6 Å². The van der Waals surface area contributed by atoms with Crippen LogP contribution in [0.15, 0.2) is 18.2 Å². The van der Waals surface area contributed by atoms with Gasteiger partial charge in [0, 0.05) is 43.6 Å². The van der Waals surface area contributed by atoms with E-state index in [9.17, 15) is 0 Å². The van der Waals surface area contributed by atoms with Gasteiger partial charge < -0.3 is 10.6 Å². The quantitative estimate of drug-likeness (QED) is 0.789. The van der Waals surface area contributed by atoms with Gasteiger partial charge in [-0.25, -0.2) is 0 Å². The first-order chi connectivity index (χ1) is 8.24. The Morgan fingerprint density at radius 1 is 1.12 bits per heavy atom. The summed E-state index contributed by atoms with van der Waals surface area (Å²) in [4.78, 5) is 5.11. The smallest absolute Gasteiger partial charge is 0.0417 e. The maximum absolute atomic E-state index is 5.88. The molecule has 2 N–H and O–H groups in total. The number of nitrogen functional groups attached to an aromatic ring is 1. The zero-order valence-corrected chi connectivity index (χ0v) is 10.5. The number of hydrogen-bond donors (Lipinski definition) is 1. The SMILES string of the molecule is Cc1ccc(N)cc1N1CCN(C2CC2)CC1. The number of nitrogens with two attached hydrogens (primary N) is 1. The van der Waals surface area contributed by atoms with E-state index in [1.807, 2.05) is 6.07 Å². The first-order valence-corrected chi connectivity index (χ1v) is 6.59. The van der Waals surface area contributed by atoms with Crippen molar-refractivity contribution in [3.8, 4) is 0 Å². The van der Waals surface area contributed by atoms with Gasteiger partial charge in [0.2, 0.25) is 0 Å². The molecule has 3 heteroatoms. The number of hydrogen-bond acceptors (Lipinski definition) is 3. The maximum Gasteiger partial charge on any atom is 0.0417 e. The monoisotopic (exact) mass is 231 g/mol. The highest BCUT2D eigenvalue weighted by atomic mass is 15.3. The summed E-state index contributed by atoms with van der Waals surface area (Å²) in [6.45, 7) is 6.86. The summed E-state index contributed by atoms with van der Waals surface area (Å²) in [5, 5.41) is 0. The first kappa shape index (κ1) is 10.9. The van der Waals surface area contributed by atoms with Crippen molar-refractivity contribution in [3.05, 3.63) is 23.8 Å². The van der Waals surface area contributed by atoms with Crippen LogP contribution in [-0.2, 0) is 0 Å². The zero-order valence-electron chi connectivity index (χ0n) is 10.5. The van der Waals surface area contributed by atoms with Gasteiger partial charge in [-0.1, -0.05) is 6.07 Å². The molecule has 92 valence electrons. The van der Waals surface area contributed by atoms with Gasteiger partial charge >= 0.3 is 0 Å². The number of benzene rings is 1. The van der Waals surface area contributed by atoms with E-state index in [1.165, 1.54) is 37.2 Å². The van der Waals surface area contributed by atoms with E-state index in [0.29, 0.717) is 0 Å². The summed E-state index contributed by atoms with van der Waals surface area (Å²) < 4.78 is 0. The number of anilines is 2. The lowest BCUT2D eigenvalue weighted by Gasteiger charge is -2.37. The highest BCUT2D eigenvalue weighted by Crippen LogP contribution is 2.29. The lowest BCUT2D eigenvalue weighted by atomic mass is 10.1. The highest BCUT2D eigenvalue weighted by molar-refractivity contribution is 5.61. The average molecular weight is 231 g/mol. The van der Waals surface area contributed by atoms with Crippen molar-refractivity contribution in [1.29, 1.82) is 0 Å². The molecule has 0 amide bonds. The minimum Gasteiger partial charge on any atom is -0.399 e. The molecule has 1 heterocycles. The molecule has 1 aromatic rings. The van der Waals surface area contributed by atoms with E-state index in [4.69, 9.17) is 5.73 Å². The van der Waals surface area contributed by atoms with Crippen LogP contribution in [0.5, 0.6) is 0 Å². The second kappa shape index (κ2) is 4.22. The van der Waals surface area contributed by atoms with Gasteiger partial charge in [0.1, 0.15) is 0 Å². The van der Waals surface area contributed by atoms with Crippen molar-refractivity contribution in [1.82, 2.24) is 4.90 Å². The molecule has 0 spiro atoms. The Bertz CT molecular complexity index is 404. The Morgan fingerprint density at radius 2 is 1.82 bits per heavy atom. The van der Waals surface area contributed by atoms with Gasteiger partial charge in [0.15, 0.2) is 0 Å². The van der Waals surface area contributed by atoms with Gasteiger partial charge in [-0.05, 0) is 37.5 Å². The van der Waals surface area contributed by atoms with Crippen LogP contribution in [0.2, 0.25) is 0 Å². The predicted molar refractivity (Wildman–Crippen MR) is 72.4 cm³/mol. The average Bonchev–Trinajstić information content (AvgIpc) is 3.17. The van der Waals surface area contributed by atoms with E-state index in [2.05, 4.69) is 28.9 Å². The minimum absolute atomic E-state index is 0.871. The van der Waals surface area contributed by atoms with Crippen LogP contribution in [0, 0.1) is 6.92 Å². The van der Waals surface area contributed by atoms with E-state index in [-0.39, 0.29) is 0 Å². The largest absolute Gasteiger partial charge is 0.399 e. The zero-order chi connectivity index (χ0) is 11.8. The fourth-order valence-electron chi connectivity index (χ4n) is 2.73. The van der Waals surface area contributed by atoms with Crippen LogP contribution in [0.3, 0.4) is 0 Å². The molecule has 0 atom stereocenters. The fourth-order valence-corrected chi connectivity index (χ4v) is 2.73. The van der Waals surface area contributed by atoms with Crippen molar-refractivity contribution >= 4 is 11.4 Å². The molecule has 1 saturated heterocycles. The summed E-state index contributed by atoms with van der Waals surface area (Å²) in [6.07, 6.45) is 2.83. The van der Waals surface area contributed by atoms with Crippen LogP contribution in [0.25, 0.3) is 0 Å². The molecule has 1 saturated carbocycles. The van der Waals surface area contributed by atoms with E-state index in [1.54, 1.807) is 0 Å². The molecule has 0 aromatic heterocycles. The predicted octanol–water partition coefficient (Wildman–Crippen LogP) is 1.86. The Balaban J connectivity index is 1.70. The highest BCUT2D eigenvalue weighted by Gasteiger charge is 2.31. The molecule has 17 heavy (non-hydrogen) atoms.